The van der Waals surface area contributed by atoms with E-state index in [4.69, 9.17) is 5.73 Å². The van der Waals surface area contributed by atoms with Crippen molar-refractivity contribution in [2.24, 2.45) is 0 Å². The largest absolute Gasteiger partial charge is 0.399 e. The predicted octanol–water partition coefficient (Wildman–Crippen LogP) is 0.516. The Labute approximate surface area is 161 Å². The van der Waals surface area contributed by atoms with Crippen molar-refractivity contribution in [3.05, 3.63) is 36.4 Å². The minimum atomic E-state index is -3.68. The minimum Gasteiger partial charge on any atom is -0.399 e. The van der Waals surface area contributed by atoms with E-state index in [9.17, 15) is 18.6 Å². The molecule has 0 saturated carbocycles. The molecule has 0 amide bonds. The first kappa shape index (κ1) is 17.6. The summed E-state index contributed by atoms with van der Waals surface area (Å²) in [7, 11) is -3.68. The van der Waals surface area contributed by atoms with Gasteiger partial charge in [0.25, 0.3) is 0 Å². The van der Waals surface area contributed by atoms with Crippen LogP contribution in [0.5, 0.6) is 0 Å². The van der Waals surface area contributed by atoms with Gasteiger partial charge in [-0.3, -0.25) is 0 Å². The first-order valence-corrected chi connectivity index (χ1v) is 10.5. The SMILES string of the molecule is Nc1ccc2nc3ccc(S(=O)(=O)N4CC(O)C4)cc3c(N3CC(O)C3)c2c1. The molecule has 3 aromatic rings. The molecule has 2 aliphatic heterocycles. The number of nitrogen functional groups attached to an aromatic ring is 1. The molecule has 4 N–H and O–H groups in total. The number of aliphatic hydroxyl groups is 2. The zero-order chi connectivity index (χ0) is 19.6. The van der Waals surface area contributed by atoms with Gasteiger partial charge in [-0.25, -0.2) is 13.4 Å². The molecular formula is C19H20N4O4S. The van der Waals surface area contributed by atoms with Crippen molar-refractivity contribution in [1.82, 2.24) is 9.29 Å². The lowest BCUT2D eigenvalue weighted by Gasteiger charge is -2.39. The van der Waals surface area contributed by atoms with Gasteiger partial charge in [0, 0.05) is 42.6 Å². The van der Waals surface area contributed by atoms with Crippen LogP contribution in [0.15, 0.2) is 41.3 Å². The molecule has 2 saturated heterocycles. The zero-order valence-electron chi connectivity index (χ0n) is 15.0. The smallest absolute Gasteiger partial charge is 0.243 e. The van der Waals surface area contributed by atoms with Gasteiger partial charge in [0.15, 0.2) is 0 Å². The lowest BCUT2D eigenvalue weighted by molar-refractivity contribution is 0.0548. The van der Waals surface area contributed by atoms with E-state index in [0.717, 1.165) is 16.6 Å². The second kappa shape index (κ2) is 6.02. The molecule has 2 aromatic carbocycles. The Morgan fingerprint density at radius 1 is 0.929 bits per heavy atom. The molecule has 146 valence electrons. The number of β-amino-alcohol motifs (C(OH)–C–C–N with tert-alkyl or cyclic N) is 2. The quantitative estimate of drug-likeness (QED) is 0.433. The van der Waals surface area contributed by atoms with E-state index in [1.54, 1.807) is 24.3 Å². The van der Waals surface area contributed by atoms with Crippen LogP contribution in [0.25, 0.3) is 21.8 Å². The van der Waals surface area contributed by atoms with Gasteiger partial charge in [-0.05, 0) is 36.4 Å². The summed E-state index contributed by atoms with van der Waals surface area (Å²) in [5, 5.41) is 20.8. The average Bonchev–Trinajstić information content (AvgIpc) is 2.61. The molecule has 3 heterocycles. The standard InChI is InChI=1S/C19H20N4O4S/c20-11-1-3-17-15(5-11)19(22-7-12(24)8-22)16-6-14(2-4-18(16)21-17)28(26,27)23-9-13(25)10-23/h1-6,12-13,24-25H,7-10,20H2. The molecule has 0 aliphatic carbocycles. The van der Waals surface area contributed by atoms with Crippen LogP contribution in [0.1, 0.15) is 0 Å². The molecule has 0 unspecified atom stereocenters. The number of hydrogen-bond donors (Lipinski definition) is 3. The van der Waals surface area contributed by atoms with Gasteiger partial charge < -0.3 is 20.8 Å². The number of rotatable bonds is 3. The van der Waals surface area contributed by atoms with E-state index in [-0.39, 0.29) is 18.0 Å². The molecule has 1 aromatic heterocycles. The number of sulfonamides is 1. The monoisotopic (exact) mass is 400 g/mol. The van der Waals surface area contributed by atoms with Crippen LogP contribution in [0.4, 0.5) is 11.4 Å². The summed E-state index contributed by atoms with van der Waals surface area (Å²) in [6.45, 7) is 1.16. The molecule has 2 aliphatic rings. The number of aliphatic hydroxyl groups excluding tert-OH is 2. The summed E-state index contributed by atoms with van der Waals surface area (Å²) >= 11 is 0. The fourth-order valence-electron chi connectivity index (χ4n) is 3.82. The third kappa shape index (κ3) is 2.62. The molecule has 2 fully saturated rings. The Morgan fingerprint density at radius 3 is 2.18 bits per heavy atom. The van der Waals surface area contributed by atoms with Gasteiger partial charge in [0.1, 0.15) is 0 Å². The Bertz CT molecular complexity index is 1200. The molecule has 9 heteroatoms. The van der Waals surface area contributed by atoms with Crippen molar-refractivity contribution in [2.45, 2.75) is 17.1 Å². The van der Waals surface area contributed by atoms with Gasteiger partial charge >= 0.3 is 0 Å². The van der Waals surface area contributed by atoms with Crippen molar-refractivity contribution in [3.8, 4) is 0 Å². The Kier molecular flexibility index (Phi) is 3.79. The highest BCUT2D eigenvalue weighted by atomic mass is 32.2. The van der Waals surface area contributed by atoms with E-state index >= 15 is 0 Å². The summed E-state index contributed by atoms with van der Waals surface area (Å²) in [6, 6.07) is 10.3. The number of pyridine rings is 1. The Hall–Kier alpha value is -2.46. The van der Waals surface area contributed by atoms with Gasteiger partial charge in [-0.1, -0.05) is 0 Å². The van der Waals surface area contributed by atoms with Crippen LogP contribution in [-0.2, 0) is 10.0 Å². The van der Waals surface area contributed by atoms with E-state index in [2.05, 4.69) is 4.98 Å². The fourth-order valence-corrected chi connectivity index (χ4v) is 5.36. The number of nitrogens with zero attached hydrogens (tertiary/aromatic N) is 3. The van der Waals surface area contributed by atoms with Crippen molar-refractivity contribution >= 4 is 43.2 Å². The lowest BCUT2D eigenvalue weighted by atomic mass is 10.0. The van der Waals surface area contributed by atoms with Crippen LogP contribution in [0.2, 0.25) is 0 Å². The zero-order valence-corrected chi connectivity index (χ0v) is 15.8. The molecule has 8 nitrogen and oxygen atoms in total. The van der Waals surface area contributed by atoms with Crippen LogP contribution < -0.4 is 10.6 Å². The number of aromatic nitrogens is 1. The summed E-state index contributed by atoms with van der Waals surface area (Å²) in [4.78, 5) is 6.84. The van der Waals surface area contributed by atoms with Crippen molar-refractivity contribution in [2.75, 3.05) is 36.8 Å². The highest BCUT2D eigenvalue weighted by Crippen LogP contribution is 2.38. The maximum absolute atomic E-state index is 12.9. The summed E-state index contributed by atoms with van der Waals surface area (Å²) in [6.07, 6.45) is -1.02. The third-order valence-corrected chi connectivity index (χ3v) is 7.21. The molecule has 0 radical (unpaired) electrons. The van der Waals surface area contributed by atoms with Crippen LogP contribution in [-0.4, -0.2) is 66.3 Å². The van der Waals surface area contributed by atoms with E-state index in [0.29, 0.717) is 29.7 Å². The lowest BCUT2D eigenvalue weighted by Crippen LogP contribution is -2.53. The van der Waals surface area contributed by atoms with Crippen molar-refractivity contribution in [3.63, 3.8) is 0 Å². The molecule has 5 rings (SSSR count). The fraction of sp³-hybridized carbons (Fsp3) is 0.316. The summed E-state index contributed by atoms with van der Waals surface area (Å²) < 4.78 is 27.0. The predicted molar refractivity (Wildman–Crippen MR) is 107 cm³/mol. The van der Waals surface area contributed by atoms with Gasteiger partial charge in [0.2, 0.25) is 10.0 Å². The normalized spacial score (nSPS) is 19.1. The first-order chi connectivity index (χ1) is 13.3. The molecule has 28 heavy (non-hydrogen) atoms. The highest BCUT2D eigenvalue weighted by Gasteiger charge is 2.36. The van der Waals surface area contributed by atoms with E-state index in [1.165, 1.54) is 4.31 Å². The number of fused-ring (bicyclic) bond motifs is 2. The average molecular weight is 400 g/mol. The number of anilines is 2. The second-order valence-electron chi connectivity index (χ2n) is 7.45. The Balaban J connectivity index is 1.73. The van der Waals surface area contributed by atoms with Gasteiger partial charge in [-0.2, -0.15) is 4.31 Å². The summed E-state index contributed by atoms with van der Waals surface area (Å²) in [5.74, 6) is 0. The maximum atomic E-state index is 12.9. The van der Waals surface area contributed by atoms with Crippen molar-refractivity contribution in [1.29, 1.82) is 0 Å². The third-order valence-electron chi connectivity index (χ3n) is 5.38. The van der Waals surface area contributed by atoms with Crippen LogP contribution in [0.3, 0.4) is 0 Å². The van der Waals surface area contributed by atoms with Crippen LogP contribution >= 0.6 is 0 Å². The number of nitrogens with two attached hydrogens (primary N) is 1. The van der Waals surface area contributed by atoms with E-state index < -0.39 is 22.2 Å². The molecule has 0 bridgehead atoms. The maximum Gasteiger partial charge on any atom is 0.243 e. The Morgan fingerprint density at radius 2 is 1.54 bits per heavy atom. The van der Waals surface area contributed by atoms with Crippen LogP contribution in [0, 0.1) is 0 Å². The highest BCUT2D eigenvalue weighted by molar-refractivity contribution is 7.89. The van der Waals surface area contributed by atoms with E-state index in [1.807, 2.05) is 17.0 Å². The molecular weight excluding hydrogens is 380 g/mol. The van der Waals surface area contributed by atoms with Gasteiger partial charge in [0.05, 0.1) is 33.8 Å². The second-order valence-corrected chi connectivity index (χ2v) is 9.39. The number of benzene rings is 2. The summed E-state index contributed by atoms with van der Waals surface area (Å²) in [5.41, 5.74) is 8.84. The molecule has 0 atom stereocenters. The number of hydrogen-bond acceptors (Lipinski definition) is 7. The topological polar surface area (TPSA) is 120 Å². The van der Waals surface area contributed by atoms with Crippen molar-refractivity contribution < 1.29 is 18.6 Å². The molecule has 0 spiro atoms. The van der Waals surface area contributed by atoms with Gasteiger partial charge in [-0.15, -0.1) is 0 Å². The minimum absolute atomic E-state index is 0.109. The first-order valence-electron chi connectivity index (χ1n) is 9.07.